The van der Waals surface area contributed by atoms with E-state index in [2.05, 4.69) is 10.6 Å². The molecule has 0 aromatic heterocycles. The highest BCUT2D eigenvalue weighted by atomic mass is 32.2. The summed E-state index contributed by atoms with van der Waals surface area (Å²) in [6.07, 6.45) is 0.473. The molecule has 0 radical (unpaired) electrons. The molecule has 0 aromatic carbocycles. The number of amides is 2. The largest absolute Gasteiger partial charge is 0.478 e. The van der Waals surface area contributed by atoms with Crippen LogP contribution in [0.4, 0.5) is 0 Å². The first-order valence-electron chi connectivity index (χ1n) is 9.78. The SMILES string of the molecule is CC1(C)OCC(C)(C)[C@H](C(=O)NCCC(=O)NCCSC(=O)CC(=O)/C=C/C(=O)O)O1. The Balaban J connectivity index is 2.23. The molecular weight excluding hydrogens is 428 g/mol. The van der Waals surface area contributed by atoms with Crippen LogP contribution in [0.3, 0.4) is 0 Å². The molecule has 174 valence electrons. The lowest BCUT2D eigenvalue weighted by Crippen LogP contribution is -2.56. The Morgan fingerprint density at radius 1 is 1.06 bits per heavy atom. The standard InChI is InChI=1S/C20H30N2O8S/c1-19(2)12-29-20(3,4)30-17(19)18(28)22-8-7-14(24)21-9-10-31-16(27)11-13(23)5-6-15(25)26/h5-6,17H,7-12H2,1-4H3,(H,21,24)(H,22,28)(H,25,26)/b6-5+/t17-/m0/s1. The molecule has 0 aromatic rings. The Morgan fingerprint density at radius 3 is 2.39 bits per heavy atom. The molecule has 11 heteroatoms. The topological polar surface area (TPSA) is 148 Å². The molecule has 0 saturated carbocycles. The van der Waals surface area contributed by atoms with Crippen LogP contribution in [0.2, 0.25) is 0 Å². The van der Waals surface area contributed by atoms with Crippen molar-refractivity contribution in [3.8, 4) is 0 Å². The fourth-order valence-electron chi connectivity index (χ4n) is 2.57. The summed E-state index contributed by atoms with van der Waals surface area (Å²) in [5.41, 5.74) is -0.504. The van der Waals surface area contributed by atoms with Gasteiger partial charge in [-0.05, 0) is 19.9 Å². The maximum absolute atomic E-state index is 12.5. The molecule has 1 atom stereocenters. The van der Waals surface area contributed by atoms with Gasteiger partial charge in [-0.15, -0.1) is 0 Å². The maximum Gasteiger partial charge on any atom is 0.328 e. The highest BCUT2D eigenvalue weighted by Crippen LogP contribution is 2.34. The van der Waals surface area contributed by atoms with Crippen molar-refractivity contribution in [1.29, 1.82) is 0 Å². The van der Waals surface area contributed by atoms with Gasteiger partial charge in [0.15, 0.2) is 16.7 Å². The number of thioether (sulfide) groups is 1. The van der Waals surface area contributed by atoms with Crippen molar-refractivity contribution in [3.05, 3.63) is 12.2 Å². The zero-order valence-corrected chi connectivity index (χ0v) is 19.0. The number of carboxylic acid groups (broad SMARTS) is 1. The number of aliphatic carboxylic acids is 1. The third-order valence-corrected chi connectivity index (χ3v) is 5.08. The van der Waals surface area contributed by atoms with Gasteiger partial charge in [-0.25, -0.2) is 4.79 Å². The van der Waals surface area contributed by atoms with Gasteiger partial charge in [0.1, 0.15) is 6.10 Å². The molecule has 1 rings (SSSR count). The number of ether oxygens (including phenoxy) is 2. The third kappa shape index (κ3) is 10.6. The van der Waals surface area contributed by atoms with Gasteiger partial charge >= 0.3 is 5.97 Å². The van der Waals surface area contributed by atoms with Crippen molar-refractivity contribution >= 4 is 40.4 Å². The monoisotopic (exact) mass is 458 g/mol. The first-order valence-corrected chi connectivity index (χ1v) is 10.8. The van der Waals surface area contributed by atoms with Gasteiger partial charge in [0.05, 0.1) is 13.0 Å². The lowest BCUT2D eigenvalue weighted by Gasteiger charge is -2.44. The second-order valence-corrected chi connectivity index (χ2v) is 9.25. The average Bonchev–Trinajstić information content (AvgIpc) is 2.65. The molecular formula is C20H30N2O8S. The van der Waals surface area contributed by atoms with E-state index in [0.29, 0.717) is 12.7 Å². The van der Waals surface area contributed by atoms with E-state index in [0.717, 1.165) is 17.8 Å². The van der Waals surface area contributed by atoms with Crippen LogP contribution >= 0.6 is 11.8 Å². The minimum atomic E-state index is -1.26. The summed E-state index contributed by atoms with van der Waals surface area (Å²) < 4.78 is 11.3. The Labute approximate surface area is 185 Å². The molecule has 10 nitrogen and oxygen atoms in total. The van der Waals surface area contributed by atoms with Crippen molar-refractivity contribution in [1.82, 2.24) is 10.6 Å². The summed E-state index contributed by atoms with van der Waals surface area (Å²) in [7, 11) is 0. The predicted molar refractivity (Wildman–Crippen MR) is 113 cm³/mol. The van der Waals surface area contributed by atoms with Crippen LogP contribution in [0.15, 0.2) is 12.2 Å². The molecule has 0 aliphatic carbocycles. The minimum absolute atomic E-state index is 0.0653. The molecule has 1 aliphatic heterocycles. The van der Waals surface area contributed by atoms with Crippen LogP contribution in [-0.2, 0) is 33.4 Å². The molecule has 1 fully saturated rings. The fourth-order valence-corrected chi connectivity index (χ4v) is 3.25. The lowest BCUT2D eigenvalue weighted by atomic mass is 9.85. The number of hydrogen-bond donors (Lipinski definition) is 3. The van der Waals surface area contributed by atoms with Crippen molar-refractivity contribution in [2.75, 3.05) is 25.4 Å². The van der Waals surface area contributed by atoms with E-state index in [1.807, 2.05) is 13.8 Å². The molecule has 2 amide bonds. The predicted octanol–water partition coefficient (Wildman–Crippen LogP) is 0.646. The Morgan fingerprint density at radius 2 is 1.74 bits per heavy atom. The van der Waals surface area contributed by atoms with Crippen LogP contribution in [0.5, 0.6) is 0 Å². The van der Waals surface area contributed by atoms with Gasteiger partial charge in [0.25, 0.3) is 0 Å². The number of carbonyl (C=O) groups is 5. The molecule has 0 spiro atoms. The summed E-state index contributed by atoms with van der Waals surface area (Å²) in [4.78, 5) is 57.6. The summed E-state index contributed by atoms with van der Waals surface area (Å²) in [6, 6.07) is 0. The second kappa shape index (κ2) is 12.0. The van der Waals surface area contributed by atoms with E-state index in [4.69, 9.17) is 14.6 Å². The van der Waals surface area contributed by atoms with Gasteiger partial charge in [-0.1, -0.05) is 25.6 Å². The van der Waals surface area contributed by atoms with E-state index in [1.54, 1.807) is 13.8 Å². The zero-order valence-electron chi connectivity index (χ0n) is 18.2. The van der Waals surface area contributed by atoms with E-state index < -0.39 is 40.6 Å². The number of hydrogen-bond acceptors (Lipinski definition) is 8. The Kier molecular flexibility index (Phi) is 10.3. The van der Waals surface area contributed by atoms with Gasteiger partial charge in [0, 0.05) is 36.8 Å². The molecule has 0 bridgehead atoms. The van der Waals surface area contributed by atoms with Gasteiger partial charge in [0.2, 0.25) is 11.8 Å². The van der Waals surface area contributed by atoms with Crippen molar-refractivity contribution in [3.63, 3.8) is 0 Å². The highest BCUT2D eigenvalue weighted by Gasteiger charge is 2.45. The minimum Gasteiger partial charge on any atom is -0.478 e. The Hall–Kier alpha value is -2.24. The molecule has 3 N–H and O–H groups in total. The summed E-state index contributed by atoms with van der Waals surface area (Å²) in [5.74, 6) is -3.05. The summed E-state index contributed by atoms with van der Waals surface area (Å²) in [5, 5.41) is 13.3. The van der Waals surface area contributed by atoms with Crippen LogP contribution in [0.1, 0.15) is 40.5 Å². The fraction of sp³-hybridized carbons (Fsp3) is 0.650. The quantitative estimate of drug-likeness (QED) is 0.230. The molecule has 1 heterocycles. The van der Waals surface area contributed by atoms with Crippen LogP contribution in [0.25, 0.3) is 0 Å². The van der Waals surface area contributed by atoms with Crippen molar-refractivity contribution in [2.45, 2.75) is 52.4 Å². The smallest absolute Gasteiger partial charge is 0.328 e. The van der Waals surface area contributed by atoms with Gasteiger partial charge in [-0.2, -0.15) is 0 Å². The second-order valence-electron chi connectivity index (χ2n) is 8.10. The maximum atomic E-state index is 12.5. The number of carboxylic acids is 1. The van der Waals surface area contributed by atoms with E-state index in [1.165, 1.54) is 0 Å². The number of rotatable bonds is 11. The van der Waals surface area contributed by atoms with Gasteiger partial charge in [-0.3, -0.25) is 19.2 Å². The molecule has 31 heavy (non-hydrogen) atoms. The van der Waals surface area contributed by atoms with E-state index >= 15 is 0 Å². The first kappa shape index (κ1) is 26.8. The van der Waals surface area contributed by atoms with E-state index in [9.17, 15) is 24.0 Å². The van der Waals surface area contributed by atoms with Gasteiger partial charge < -0.3 is 25.2 Å². The van der Waals surface area contributed by atoms with Crippen molar-refractivity contribution < 1.29 is 38.6 Å². The number of nitrogens with one attached hydrogen (secondary N) is 2. The zero-order chi connectivity index (χ0) is 23.7. The lowest BCUT2D eigenvalue weighted by molar-refractivity contribution is -0.304. The Bertz CT molecular complexity index is 733. The first-order chi connectivity index (χ1) is 14.3. The highest BCUT2D eigenvalue weighted by molar-refractivity contribution is 8.13. The van der Waals surface area contributed by atoms with Crippen molar-refractivity contribution in [2.24, 2.45) is 5.41 Å². The molecule has 1 aliphatic rings. The van der Waals surface area contributed by atoms with Crippen LogP contribution in [-0.4, -0.2) is 71.1 Å². The third-order valence-electron chi connectivity index (χ3n) is 4.21. The number of ketones is 1. The number of allylic oxidation sites excluding steroid dienone is 1. The summed E-state index contributed by atoms with van der Waals surface area (Å²) >= 11 is 0.874. The van der Waals surface area contributed by atoms with Crippen LogP contribution < -0.4 is 10.6 Å². The number of carbonyl (C=O) groups excluding carboxylic acids is 4. The van der Waals surface area contributed by atoms with E-state index in [-0.39, 0.29) is 37.1 Å². The summed E-state index contributed by atoms with van der Waals surface area (Å²) in [6.45, 7) is 7.94. The van der Waals surface area contributed by atoms with Crippen LogP contribution in [0, 0.1) is 5.41 Å². The average molecular weight is 459 g/mol. The normalized spacial score (nSPS) is 19.5. The molecule has 0 unspecified atom stereocenters. The molecule has 1 saturated heterocycles.